The summed E-state index contributed by atoms with van der Waals surface area (Å²) in [6, 6.07) is 1.94. The molecule has 0 radical (unpaired) electrons. The molecule has 1 aromatic carbocycles. The fraction of sp³-hybridized carbons (Fsp3) is 0.500. The van der Waals surface area contributed by atoms with Gasteiger partial charge in [-0.05, 0) is 32.4 Å². The zero-order valence-corrected chi connectivity index (χ0v) is 14.3. The minimum atomic E-state index is -1.12. The molecule has 0 saturated carbocycles. The number of carbonyl (C=O) groups is 2. The van der Waals surface area contributed by atoms with Gasteiger partial charge in [0, 0.05) is 5.56 Å². The lowest BCUT2D eigenvalue weighted by atomic mass is 10.1. The zero-order chi connectivity index (χ0) is 17.4. The Bertz CT molecular complexity index is 562. The first-order valence-electron chi connectivity index (χ1n) is 7.53. The summed E-state index contributed by atoms with van der Waals surface area (Å²) in [4.78, 5) is 22.9. The van der Waals surface area contributed by atoms with E-state index in [1.165, 1.54) is 19.1 Å². The number of benzene rings is 1. The molecule has 0 saturated heterocycles. The van der Waals surface area contributed by atoms with E-state index in [1.807, 2.05) is 13.8 Å². The molecule has 0 spiro atoms. The number of halogens is 1. The van der Waals surface area contributed by atoms with E-state index in [9.17, 15) is 9.59 Å². The van der Waals surface area contributed by atoms with Crippen molar-refractivity contribution < 1.29 is 24.2 Å². The van der Waals surface area contributed by atoms with Crippen LogP contribution in [0.5, 0.6) is 11.5 Å². The predicted octanol–water partition coefficient (Wildman–Crippen LogP) is 3.12. The molecule has 0 heterocycles. The number of carbonyl (C=O) groups excluding carboxylic acids is 1. The first-order chi connectivity index (χ1) is 10.9. The van der Waals surface area contributed by atoms with Gasteiger partial charge in [0.15, 0.2) is 11.5 Å². The van der Waals surface area contributed by atoms with E-state index in [1.54, 1.807) is 0 Å². The summed E-state index contributed by atoms with van der Waals surface area (Å²) in [5, 5.41) is 11.5. The fourth-order valence-electron chi connectivity index (χ4n) is 1.76. The first-order valence-corrected chi connectivity index (χ1v) is 7.91. The summed E-state index contributed by atoms with van der Waals surface area (Å²) in [5.74, 6) is -0.897. The molecule has 0 fully saturated rings. The molecule has 23 heavy (non-hydrogen) atoms. The maximum absolute atomic E-state index is 12.1. The minimum absolute atomic E-state index is 0.217. The van der Waals surface area contributed by atoms with Crippen LogP contribution in [0.4, 0.5) is 0 Å². The van der Waals surface area contributed by atoms with Crippen molar-refractivity contribution in [3.05, 3.63) is 22.7 Å². The molecular formula is C16H22ClNO5. The Hall–Kier alpha value is -1.95. The SMILES string of the molecule is CCCCOc1c(Cl)cc(C(=O)N[C@H](C)C(=O)O)cc1OCC. The summed E-state index contributed by atoms with van der Waals surface area (Å²) in [6.07, 6.45) is 1.86. The van der Waals surface area contributed by atoms with Crippen molar-refractivity contribution in [2.45, 2.75) is 39.7 Å². The maximum atomic E-state index is 12.1. The smallest absolute Gasteiger partial charge is 0.325 e. The molecule has 1 amide bonds. The Morgan fingerprint density at radius 2 is 2.00 bits per heavy atom. The monoisotopic (exact) mass is 343 g/mol. The summed E-state index contributed by atoms with van der Waals surface area (Å²) >= 11 is 6.19. The third-order valence-electron chi connectivity index (χ3n) is 3.03. The second-order valence-corrected chi connectivity index (χ2v) is 5.36. The molecule has 0 bridgehead atoms. The third-order valence-corrected chi connectivity index (χ3v) is 3.31. The van der Waals surface area contributed by atoms with Crippen molar-refractivity contribution >= 4 is 23.5 Å². The van der Waals surface area contributed by atoms with Gasteiger partial charge in [-0.1, -0.05) is 24.9 Å². The van der Waals surface area contributed by atoms with Crippen molar-refractivity contribution in [3.8, 4) is 11.5 Å². The van der Waals surface area contributed by atoms with Crippen molar-refractivity contribution in [1.82, 2.24) is 5.32 Å². The number of nitrogens with one attached hydrogen (secondary N) is 1. The van der Waals surface area contributed by atoms with Crippen LogP contribution in [0.1, 0.15) is 44.0 Å². The number of carboxylic acids is 1. The van der Waals surface area contributed by atoms with Crippen molar-refractivity contribution in [2.24, 2.45) is 0 Å². The van der Waals surface area contributed by atoms with Crippen LogP contribution in [-0.4, -0.2) is 36.2 Å². The summed E-state index contributed by atoms with van der Waals surface area (Å²) in [7, 11) is 0. The molecule has 1 atom stereocenters. The molecule has 7 heteroatoms. The van der Waals surface area contributed by atoms with Crippen molar-refractivity contribution in [1.29, 1.82) is 0 Å². The number of aliphatic carboxylic acids is 1. The van der Waals surface area contributed by atoms with Gasteiger partial charge in [-0.15, -0.1) is 0 Å². The number of carboxylic acid groups (broad SMARTS) is 1. The second-order valence-electron chi connectivity index (χ2n) is 4.95. The van der Waals surface area contributed by atoms with E-state index >= 15 is 0 Å². The second kappa shape index (κ2) is 9.25. The van der Waals surface area contributed by atoms with E-state index in [0.29, 0.717) is 24.7 Å². The number of hydrogen-bond acceptors (Lipinski definition) is 4. The van der Waals surface area contributed by atoms with Crippen LogP contribution in [0.3, 0.4) is 0 Å². The van der Waals surface area contributed by atoms with E-state index in [0.717, 1.165) is 12.8 Å². The van der Waals surface area contributed by atoms with Gasteiger partial charge in [0.2, 0.25) is 0 Å². The molecule has 128 valence electrons. The molecule has 0 unspecified atom stereocenters. The summed E-state index contributed by atoms with van der Waals surface area (Å²) in [5.41, 5.74) is 0.217. The lowest BCUT2D eigenvalue weighted by Gasteiger charge is -2.16. The Labute approximate surface area is 140 Å². The van der Waals surface area contributed by atoms with Crippen LogP contribution in [-0.2, 0) is 4.79 Å². The molecule has 0 aliphatic rings. The van der Waals surface area contributed by atoms with Gasteiger partial charge in [-0.2, -0.15) is 0 Å². The van der Waals surface area contributed by atoms with E-state index in [-0.39, 0.29) is 10.6 Å². The highest BCUT2D eigenvalue weighted by atomic mass is 35.5. The molecule has 0 aromatic heterocycles. The Morgan fingerprint density at radius 3 is 2.57 bits per heavy atom. The normalized spacial score (nSPS) is 11.7. The average Bonchev–Trinajstić information content (AvgIpc) is 2.49. The molecule has 0 aliphatic carbocycles. The Morgan fingerprint density at radius 1 is 1.30 bits per heavy atom. The molecule has 2 N–H and O–H groups in total. The number of hydrogen-bond donors (Lipinski definition) is 2. The van der Waals surface area contributed by atoms with Gasteiger partial charge in [-0.3, -0.25) is 9.59 Å². The van der Waals surface area contributed by atoms with Crippen LogP contribution in [0.25, 0.3) is 0 Å². The number of ether oxygens (including phenoxy) is 2. The van der Waals surface area contributed by atoms with E-state index in [2.05, 4.69) is 5.32 Å². The summed E-state index contributed by atoms with van der Waals surface area (Å²) in [6.45, 7) is 6.12. The lowest BCUT2D eigenvalue weighted by Crippen LogP contribution is -2.38. The van der Waals surface area contributed by atoms with Gasteiger partial charge in [0.1, 0.15) is 6.04 Å². The molecule has 1 rings (SSSR count). The Balaban J connectivity index is 3.02. The number of rotatable bonds is 9. The van der Waals surface area contributed by atoms with E-state index < -0.39 is 17.9 Å². The van der Waals surface area contributed by atoms with Crippen LogP contribution < -0.4 is 14.8 Å². The van der Waals surface area contributed by atoms with Gasteiger partial charge in [-0.25, -0.2) is 0 Å². The van der Waals surface area contributed by atoms with Gasteiger partial charge in [0.05, 0.1) is 18.2 Å². The Kier molecular flexibility index (Phi) is 7.68. The highest BCUT2D eigenvalue weighted by Gasteiger charge is 2.19. The quantitative estimate of drug-likeness (QED) is 0.673. The highest BCUT2D eigenvalue weighted by molar-refractivity contribution is 6.32. The third kappa shape index (κ3) is 5.63. The van der Waals surface area contributed by atoms with Crippen LogP contribution in [0.15, 0.2) is 12.1 Å². The van der Waals surface area contributed by atoms with Gasteiger partial charge >= 0.3 is 5.97 Å². The van der Waals surface area contributed by atoms with Crippen LogP contribution >= 0.6 is 11.6 Å². The van der Waals surface area contributed by atoms with Crippen LogP contribution in [0.2, 0.25) is 5.02 Å². The number of unbranched alkanes of at least 4 members (excludes halogenated alkanes) is 1. The largest absolute Gasteiger partial charge is 0.490 e. The molecule has 0 aliphatic heterocycles. The summed E-state index contributed by atoms with van der Waals surface area (Å²) < 4.78 is 11.1. The topological polar surface area (TPSA) is 84.9 Å². The average molecular weight is 344 g/mol. The minimum Gasteiger partial charge on any atom is -0.490 e. The highest BCUT2D eigenvalue weighted by Crippen LogP contribution is 2.36. The predicted molar refractivity (Wildman–Crippen MR) is 87.6 cm³/mol. The molecule has 6 nitrogen and oxygen atoms in total. The van der Waals surface area contributed by atoms with Gasteiger partial charge < -0.3 is 19.9 Å². The van der Waals surface area contributed by atoms with Gasteiger partial charge in [0.25, 0.3) is 5.91 Å². The zero-order valence-electron chi connectivity index (χ0n) is 13.5. The first kappa shape index (κ1) is 19.1. The maximum Gasteiger partial charge on any atom is 0.325 e. The number of amides is 1. The molecular weight excluding hydrogens is 322 g/mol. The molecule has 1 aromatic rings. The van der Waals surface area contributed by atoms with Crippen molar-refractivity contribution in [2.75, 3.05) is 13.2 Å². The van der Waals surface area contributed by atoms with Crippen LogP contribution in [0, 0.1) is 0 Å². The lowest BCUT2D eigenvalue weighted by molar-refractivity contribution is -0.138. The van der Waals surface area contributed by atoms with Crippen molar-refractivity contribution in [3.63, 3.8) is 0 Å². The van der Waals surface area contributed by atoms with E-state index in [4.69, 9.17) is 26.2 Å². The fourth-order valence-corrected chi connectivity index (χ4v) is 2.03. The standard InChI is InChI=1S/C16H22ClNO5/c1-4-6-7-23-14-12(17)8-11(9-13(14)22-5-2)15(19)18-10(3)16(20)21/h8-10H,4-7H2,1-3H3,(H,18,19)(H,20,21)/t10-/m1/s1.